The second-order valence-electron chi connectivity index (χ2n) is 9.22. The van der Waals surface area contributed by atoms with E-state index in [9.17, 15) is 13.6 Å². The van der Waals surface area contributed by atoms with Crippen LogP contribution in [0.2, 0.25) is 0 Å². The van der Waals surface area contributed by atoms with Crippen molar-refractivity contribution in [3.05, 3.63) is 115 Å². The lowest BCUT2D eigenvalue weighted by Gasteiger charge is -2.11. The van der Waals surface area contributed by atoms with E-state index in [1.807, 2.05) is 6.20 Å². The summed E-state index contributed by atoms with van der Waals surface area (Å²) in [5, 5.41) is 10.2. The van der Waals surface area contributed by atoms with Gasteiger partial charge >= 0.3 is 6.03 Å². The molecule has 0 fully saturated rings. The number of carbonyl (C=O) groups is 1. The number of ether oxygens (including phenoxy) is 2. The molecule has 0 saturated heterocycles. The number of rotatable bonds is 7. The molecule has 3 aromatic carbocycles. The summed E-state index contributed by atoms with van der Waals surface area (Å²) in [6.45, 7) is 0. The maximum atomic E-state index is 14.8. The maximum Gasteiger partial charge on any atom is 0.323 e. The van der Waals surface area contributed by atoms with E-state index < -0.39 is 11.8 Å². The number of carbonyl (C=O) groups excluding carboxylic acids is 1. The number of fused-ring (bicyclic) bond motifs is 1. The predicted octanol–water partition coefficient (Wildman–Crippen LogP) is 7.54. The molecule has 11 heteroatoms. The lowest BCUT2D eigenvalue weighted by molar-refractivity contribution is 0.262. The molecule has 0 aliphatic heterocycles. The van der Waals surface area contributed by atoms with E-state index in [0.717, 1.165) is 10.9 Å². The third-order valence-corrected chi connectivity index (χ3v) is 6.11. The summed E-state index contributed by atoms with van der Waals surface area (Å²) in [4.78, 5) is 21.4. The number of pyridine rings is 2. The van der Waals surface area contributed by atoms with Crippen LogP contribution in [-0.2, 0) is 7.05 Å². The maximum absolute atomic E-state index is 14.8. The Morgan fingerprint density at radius 2 is 1.62 bits per heavy atom. The van der Waals surface area contributed by atoms with Crippen molar-refractivity contribution in [1.82, 2.24) is 19.7 Å². The zero-order chi connectivity index (χ0) is 29.1. The van der Waals surface area contributed by atoms with Crippen LogP contribution < -0.4 is 20.1 Å². The lowest BCUT2D eigenvalue weighted by Crippen LogP contribution is -2.19. The summed E-state index contributed by atoms with van der Waals surface area (Å²) >= 11 is 0. The molecule has 0 saturated carbocycles. The monoisotopic (exact) mass is 564 g/mol. The van der Waals surface area contributed by atoms with Crippen LogP contribution >= 0.6 is 0 Å². The van der Waals surface area contributed by atoms with Crippen molar-refractivity contribution in [2.75, 3.05) is 10.6 Å². The number of nitrogens with zero attached hydrogens (tertiary/aromatic N) is 4. The van der Waals surface area contributed by atoms with E-state index in [1.165, 1.54) is 42.5 Å². The van der Waals surface area contributed by atoms with Crippen molar-refractivity contribution in [3.8, 4) is 34.4 Å². The van der Waals surface area contributed by atoms with Gasteiger partial charge in [0.1, 0.15) is 17.3 Å². The molecular weight excluding hydrogens is 542 g/mol. The number of hydrogen-bond donors (Lipinski definition) is 2. The number of benzene rings is 3. The quantitative estimate of drug-likeness (QED) is 0.208. The average Bonchev–Trinajstić information content (AvgIpc) is 3.42. The third-order valence-electron chi connectivity index (χ3n) is 6.11. The van der Waals surface area contributed by atoms with Crippen LogP contribution in [0, 0.1) is 11.6 Å². The summed E-state index contributed by atoms with van der Waals surface area (Å²) in [6, 6.07) is 21.2. The molecule has 0 atom stereocenters. The first kappa shape index (κ1) is 26.4. The minimum absolute atomic E-state index is 0.00546. The molecule has 6 aromatic rings. The minimum atomic E-state index is -0.650. The van der Waals surface area contributed by atoms with Crippen molar-refractivity contribution >= 4 is 28.3 Å². The highest BCUT2D eigenvalue weighted by molar-refractivity contribution is 6.01. The molecule has 0 spiro atoms. The van der Waals surface area contributed by atoms with Crippen molar-refractivity contribution in [1.29, 1.82) is 0 Å². The highest BCUT2D eigenvalue weighted by Gasteiger charge is 2.11. The number of anilines is 2. The van der Waals surface area contributed by atoms with Gasteiger partial charge in [-0.25, -0.2) is 18.6 Å². The number of halogens is 2. The first-order chi connectivity index (χ1) is 20.4. The molecule has 3 heterocycles. The fourth-order valence-corrected chi connectivity index (χ4v) is 4.13. The van der Waals surface area contributed by atoms with Crippen LogP contribution in [0.15, 0.2) is 104 Å². The van der Waals surface area contributed by atoms with Crippen molar-refractivity contribution in [2.24, 2.45) is 7.05 Å². The Hall–Kier alpha value is -5.84. The van der Waals surface area contributed by atoms with Crippen LogP contribution in [0.1, 0.15) is 0 Å². The molecule has 0 aliphatic rings. The highest BCUT2D eigenvalue weighted by atomic mass is 19.1. The smallest absolute Gasteiger partial charge is 0.323 e. The number of amides is 2. The Morgan fingerprint density at radius 1 is 0.833 bits per heavy atom. The number of hydrogen-bond acceptors (Lipinski definition) is 6. The van der Waals surface area contributed by atoms with Gasteiger partial charge in [-0.15, -0.1) is 0 Å². The van der Waals surface area contributed by atoms with E-state index in [2.05, 4.69) is 25.7 Å². The van der Waals surface area contributed by atoms with Gasteiger partial charge in [0.05, 0.1) is 17.4 Å². The first-order valence-electron chi connectivity index (χ1n) is 12.7. The standard InChI is InChI=1S/C31H22F2N6O3/c1-39-18-20(17-35-39)28-16-25(12-13-34-28)41-29-10-6-23(15-26(29)33)37-31(40)36-22-5-9-27-19(14-22)2-11-30(38-27)42-24-7-3-21(32)4-8-24/h2-18H,1H3,(H2,36,37,40). The summed E-state index contributed by atoms with van der Waals surface area (Å²) in [5.74, 6) is 0.200. The largest absolute Gasteiger partial charge is 0.454 e. The molecule has 3 aromatic heterocycles. The van der Waals surface area contributed by atoms with Gasteiger partial charge in [-0.3, -0.25) is 9.67 Å². The normalized spacial score (nSPS) is 10.8. The van der Waals surface area contributed by atoms with E-state index in [1.54, 1.807) is 66.6 Å². The van der Waals surface area contributed by atoms with Crippen LogP contribution in [-0.4, -0.2) is 25.8 Å². The van der Waals surface area contributed by atoms with E-state index >= 15 is 0 Å². The fourth-order valence-electron chi connectivity index (χ4n) is 4.13. The van der Waals surface area contributed by atoms with Gasteiger partial charge in [-0.1, -0.05) is 0 Å². The average molecular weight is 565 g/mol. The Labute approximate surface area is 238 Å². The summed E-state index contributed by atoms with van der Waals surface area (Å²) < 4.78 is 41.0. The first-order valence-corrected chi connectivity index (χ1v) is 12.7. The summed E-state index contributed by atoms with van der Waals surface area (Å²) in [5.41, 5.74) is 2.83. The fraction of sp³-hybridized carbons (Fsp3) is 0.0323. The predicted molar refractivity (Wildman–Crippen MR) is 154 cm³/mol. The van der Waals surface area contributed by atoms with E-state index in [0.29, 0.717) is 34.3 Å². The van der Waals surface area contributed by atoms with Gasteiger partial charge in [0.25, 0.3) is 0 Å². The molecule has 208 valence electrons. The van der Waals surface area contributed by atoms with E-state index in [-0.39, 0.29) is 17.3 Å². The van der Waals surface area contributed by atoms with E-state index in [4.69, 9.17) is 9.47 Å². The zero-order valence-corrected chi connectivity index (χ0v) is 22.1. The molecule has 0 radical (unpaired) electrons. The molecule has 9 nitrogen and oxygen atoms in total. The third kappa shape index (κ3) is 6.15. The molecule has 2 amide bonds. The Bertz CT molecular complexity index is 1910. The van der Waals surface area contributed by atoms with Crippen molar-refractivity contribution in [3.63, 3.8) is 0 Å². The molecule has 0 bridgehead atoms. The molecule has 0 unspecified atom stereocenters. The Morgan fingerprint density at radius 3 is 2.38 bits per heavy atom. The molecule has 2 N–H and O–H groups in total. The van der Waals surface area contributed by atoms with Crippen molar-refractivity contribution in [2.45, 2.75) is 0 Å². The van der Waals surface area contributed by atoms with Crippen LogP contribution in [0.3, 0.4) is 0 Å². The number of aryl methyl sites for hydroxylation is 1. The SMILES string of the molecule is Cn1cc(-c2cc(Oc3ccc(NC(=O)Nc4ccc5nc(Oc6ccc(F)cc6)ccc5c4)cc3F)ccn2)cn1. The molecule has 0 aliphatic carbocycles. The Kier molecular flexibility index (Phi) is 7.12. The van der Waals surface area contributed by atoms with Crippen LogP contribution in [0.5, 0.6) is 23.1 Å². The summed E-state index contributed by atoms with van der Waals surface area (Å²) in [7, 11) is 1.80. The summed E-state index contributed by atoms with van der Waals surface area (Å²) in [6.07, 6.45) is 5.06. The topological polar surface area (TPSA) is 103 Å². The molecular formula is C31H22F2N6O3. The second-order valence-corrected chi connectivity index (χ2v) is 9.22. The molecule has 42 heavy (non-hydrogen) atoms. The van der Waals surface area contributed by atoms with Gasteiger partial charge in [0, 0.05) is 60.0 Å². The van der Waals surface area contributed by atoms with Gasteiger partial charge in [-0.05, 0) is 66.7 Å². The minimum Gasteiger partial charge on any atom is -0.454 e. The van der Waals surface area contributed by atoms with Gasteiger partial charge < -0.3 is 20.1 Å². The van der Waals surface area contributed by atoms with Gasteiger partial charge in [-0.2, -0.15) is 5.10 Å². The molecule has 6 rings (SSSR count). The van der Waals surface area contributed by atoms with Gasteiger partial charge in [0.2, 0.25) is 5.88 Å². The van der Waals surface area contributed by atoms with Crippen LogP contribution in [0.4, 0.5) is 25.0 Å². The van der Waals surface area contributed by atoms with Crippen LogP contribution in [0.25, 0.3) is 22.2 Å². The number of nitrogens with one attached hydrogen (secondary N) is 2. The highest BCUT2D eigenvalue weighted by Crippen LogP contribution is 2.29. The Balaban J connectivity index is 1.08. The zero-order valence-electron chi connectivity index (χ0n) is 22.1. The lowest BCUT2D eigenvalue weighted by atomic mass is 10.2. The van der Waals surface area contributed by atoms with Crippen molar-refractivity contribution < 1.29 is 23.0 Å². The number of urea groups is 1. The second kappa shape index (κ2) is 11.3. The number of aromatic nitrogens is 4. The van der Waals surface area contributed by atoms with Gasteiger partial charge in [0.15, 0.2) is 11.6 Å².